The first-order chi connectivity index (χ1) is 40.2. The maximum absolute atomic E-state index is 13.5. The van der Waals surface area contributed by atoms with E-state index in [-0.39, 0.29) is 24.0 Å². The molecule has 3 aliphatic carbocycles. The van der Waals surface area contributed by atoms with Gasteiger partial charge in [-0.25, -0.2) is 35.2 Å². The van der Waals surface area contributed by atoms with Crippen LogP contribution in [0.3, 0.4) is 0 Å². The van der Waals surface area contributed by atoms with Crippen LogP contribution in [0.1, 0.15) is 78.8 Å². The van der Waals surface area contributed by atoms with Crippen molar-refractivity contribution < 1.29 is 53.5 Å². The largest absolute Gasteiger partial charge is 0.744 e. The number of carbonyl (C=O) groups excluding carboxylic acids is 1. The number of rotatable bonds is 11. The van der Waals surface area contributed by atoms with Crippen molar-refractivity contribution in [1.29, 1.82) is 0 Å². The summed E-state index contributed by atoms with van der Waals surface area (Å²) in [4.78, 5) is 29.6. The second kappa shape index (κ2) is 20.8. The number of aromatic nitrogens is 4. The second-order valence-electron chi connectivity index (χ2n) is 22.3. The average Bonchev–Trinajstić information content (AvgIpc) is 1.90. The van der Waals surface area contributed by atoms with Gasteiger partial charge in [0.15, 0.2) is 6.61 Å². The molecule has 3 aromatic heterocycles. The SMILES string of the molecule is C[C@]12CC[C@@H]3c4ccc(OCC(=O)Nc5ccc(-c6c7nc(c(-c8ccc(S(=O)(=O)[O-])cc8)c8ccc([nH]8)c(-c8ccc(S(=O)(=O)[O-])cc8)c8nc(c(-c9ccc(S(=O)(=O)[O-])cc9)c9ccc6[nH]9)C=C8)C=C7)cc5)cc4CC[C@H]3[C@@H]1CCC2O. The van der Waals surface area contributed by atoms with E-state index in [0.717, 1.165) is 38.5 Å². The molecule has 2 aliphatic heterocycles. The minimum Gasteiger partial charge on any atom is -0.744 e. The van der Waals surface area contributed by atoms with Gasteiger partial charge >= 0.3 is 0 Å². The van der Waals surface area contributed by atoms with E-state index in [4.69, 9.17) is 14.7 Å². The van der Waals surface area contributed by atoms with Gasteiger partial charge in [-0.1, -0.05) is 61.5 Å². The molecule has 84 heavy (non-hydrogen) atoms. The highest BCUT2D eigenvalue weighted by Crippen LogP contribution is 2.61. The highest BCUT2D eigenvalue weighted by molar-refractivity contribution is 7.86. The van der Waals surface area contributed by atoms with Gasteiger partial charge in [-0.05, 0) is 204 Å². The zero-order valence-electron chi connectivity index (χ0n) is 44.9. The van der Waals surface area contributed by atoms with Crippen LogP contribution in [0.15, 0.2) is 154 Å². The van der Waals surface area contributed by atoms with Gasteiger partial charge in [0, 0.05) is 50.0 Å². The zero-order valence-corrected chi connectivity index (χ0v) is 47.4. The fourth-order valence-electron chi connectivity index (χ4n) is 13.5. The Kier molecular flexibility index (Phi) is 13.6. The van der Waals surface area contributed by atoms with Crippen molar-refractivity contribution in [2.45, 2.75) is 72.2 Å². The zero-order chi connectivity index (χ0) is 58.5. The van der Waals surface area contributed by atoms with Crippen LogP contribution in [-0.4, -0.2) is 82.6 Å². The molecule has 1 amide bonds. The van der Waals surface area contributed by atoms with Crippen molar-refractivity contribution >= 4 is 88.3 Å². The third-order valence-electron chi connectivity index (χ3n) is 17.5. The van der Waals surface area contributed by atoms with Crippen LogP contribution in [0.2, 0.25) is 0 Å². The van der Waals surface area contributed by atoms with E-state index in [1.165, 1.54) is 83.9 Å². The van der Waals surface area contributed by atoms with E-state index in [0.29, 0.717) is 119 Å². The molecule has 0 saturated heterocycles. The number of hydrogen-bond acceptors (Lipinski definition) is 14. The number of fused-ring (bicyclic) bond motifs is 13. The molecule has 426 valence electrons. The molecule has 5 atom stereocenters. The van der Waals surface area contributed by atoms with E-state index < -0.39 is 45.0 Å². The molecule has 20 heteroatoms. The Bertz CT molecular complexity index is 4540. The predicted octanol–water partition coefficient (Wildman–Crippen LogP) is 11.3. The van der Waals surface area contributed by atoms with Crippen LogP contribution < -0.4 is 10.1 Å². The molecule has 8 aromatic rings. The number of aliphatic hydroxyl groups is 1. The minimum atomic E-state index is -4.81. The Morgan fingerprint density at radius 1 is 0.571 bits per heavy atom. The number of ether oxygens (including phenoxy) is 1. The maximum Gasteiger partial charge on any atom is 0.262 e. The fourth-order valence-corrected chi connectivity index (χ4v) is 14.9. The van der Waals surface area contributed by atoms with Crippen LogP contribution in [0, 0.1) is 17.3 Å². The second-order valence-corrected chi connectivity index (χ2v) is 26.4. The molecule has 0 radical (unpaired) electrons. The number of nitrogens with one attached hydrogen (secondary N) is 3. The summed E-state index contributed by atoms with van der Waals surface area (Å²) in [5.41, 5.74) is 11.2. The third kappa shape index (κ3) is 10.2. The number of aryl methyl sites for hydroxylation is 1. The summed E-state index contributed by atoms with van der Waals surface area (Å²) in [6.07, 6.45) is 12.9. The van der Waals surface area contributed by atoms with Crippen LogP contribution >= 0.6 is 0 Å². The number of aromatic amines is 2. The summed E-state index contributed by atoms with van der Waals surface area (Å²) in [6.45, 7) is 2.05. The molecule has 8 bridgehead atoms. The molecule has 1 unspecified atom stereocenters. The predicted molar refractivity (Wildman–Crippen MR) is 316 cm³/mol. The Hall–Kier alpha value is -8.34. The van der Waals surface area contributed by atoms with Crippen LogP contribution in [0.25, 0.3) is 90.9 Å². The monoisotopic (exact) mass is 1180 g/mol. The average molecular weight is 1180 g/mol. The van der Waals surface area contributed by atoms with Gasteiger partial charge in [-0.2, -0.15) is 0 Å². The van der Waals surface area contributed by atoms with Gasteiger partial charge < -0.3 is 38.8 Å². The smallest absolute Gasteiger partial charge is 0.262 e. The number of nitrogens with zero attached hydrogens (tertiary/aromatic N) is 2. The molecule has 4 N–H and O–H groups in total. The van der Waals surface area contributed by atoms with Gasteiger partial charge in [0.05, 0.1) is 43.6 Å². The number of aliphatic hydroxyl groups excluding tert-OH is 1. The van der Waals surface area contributed by atoms with Crippen molar-refractivity contribution in [3.8, 4) is 50.3 Å². The summed E-state index contributed by atoms with van der Waals surface area (Å²) in [7, 11) is -14.4. The van der Waals surface area contributed by atoms with Crippen LogP contribution in [0.4, 0.5) is 5.69 Å². The molecule has 2 fully saturated rings. The first-order valence-electron chi connectivity index (χ1n) is 27.4. The van der Waals surface area contributed by atoms with Crippen molar-refractivity contribution in [2.75, 3.05) is 11.9 Å². The normalized spacial score (nSPS) is 20.0. The third-order valence-corrected chi connectivity index (χ3v) is 20.1. The Balaban J connectivity index is 0.906. The summed E-state index contributed by atoms with van der Waals surface area (Å²) >= 11 is 0. The lowest BCUT2D eigenvalue weighted by atomic mass is 9.55. The topological polar surface area (TPSA) is 288 Å². The molecular weight excluding hydrogens is 1130 g/mol. The van der Waals surface area contributed by atoms with E-state index in [2.05, 4.69) is 34.3 Å². The van der Waals surface area contributed by atoms with Crippen molar-refractivity contribution in [3.05, 3.63) is 173 Å². The van der Waals surface area contributed by atoms with Crippen LogP contribution in [-0.2, 0) is 41.6 Å². The van der Waals surface area contributed by atoms with Gasteiger partial charge in [0.2, 0.25) is 0 Å². The molecule has 0 spiro atoms. The fraction of sp³-hybridized carbons (Fsp3) is 0.203. The first kappa shape index (κ1) is 54.9. The van der Waals surface area contributed by atoms with Crippen LogP contribution in [0.5, 0.6) is 5.75 Å². The van der Waals surface area contributed by atoms with E-state index in [1.807, 2.05) is 36.4 Å². The highest BCUT2D eigenvalue weighted by Gasteiger charge is 2.54. The molecule has 5 aromatic carbocycles. The maximum atomic E-state index is 13.5. The lowest BCUT2D eigenvalue weighted by Gasteiger charge is -2.50. The summed E-state index contributed by atoms with van der Waals surface area (Å²) in [6, 6.07) is 36.9. The lowest BCUT2D eigenvalue weighted by Crippen LogP contribution is -2.43. The number of hydrogen-bond donors (Lipinski definition) is 4. The Morgan fingerprint density at radius 3 is 1.40 bits per heavy atom. The van der Waals surface area contributed by atoms with E-state index in [1.54, 1.807) is 42.5 Å². The van der Waals surface area contributed by atoms with Gasteiger partial charge in [-0.3, -0.25) is 4.79 Å². The molecule has 5 heterocycles. The van der Waals surface area contributed by atoms with Crippen molar-refractivity contribution in [3.63, 3.8) is 0 Å². The highest BCUT2D eigenvalue weighted by atomic mass is 32.2. The van der Waals surface area contributed by atoms with E-state index >= 15 is 0 Å². The number of H-pyrrole nitrogens is 2. The quantitative estimate of drug-likeness (QED) is 0.0876. The molecule has 17 nitrogen and oxygen atoms in total. The standard InChI is InChI=1S/C64H55N5O12S3/c1-64-33-32-47-46-21-13-42(34-40(46)10-20-48(47)49(64)22-31-58(64)70)81-35-59(71)65-41-11-2-36(3-12-41)60-50-23-25-52(66-50)61(37-4-14-43(15-5-37)82(72,73)74)54-27-29-56(68-54)63(39-8-18-45(19-9-39)84(78,79)80)57-30-28-55(69-57)62(53-26-24-51(60)67-53)38-6-16-44(17-7-38)83(75,76)77/h2-9,11-19,21,23-30,34,47-49,58,66,69-70H,10,20,22,31-33,35H2,1H3,(H,65,71)(H,72,73,74)(H,75,76,77)(H,78,79,80)/p-3/t47-,48-,49+,58?,64+/m1/s1. The van der Waals surface area contributed by atoms with Crippen molar-refractivity contribution in [2.24, 2.45) is 17.3 Å². The van der Waals surface area contributed by atoms with Gasteiger partial charge in [0.25, 0.3) is 5.91 Å². The molecule has 13 rings (SSSR count). The molecule has 5 aliphatic rings. The summed E-state index contributed by atoms with van der Waals surface area (Å²) in [5, 5.41) is 13.8. The number of amides is 1. The summed E-state index contributed by atoms with van der Waals surface area (Å²) < 4.78 is 115. The van der Waals surface area contributed by atoms with Gasteiger partial charge in [-0.15, -0.1) is 0 Å². The van der Waals surface area contributed by atoms with Gasteiger partial charge in [0.1, 0.15) is 36.1 Å². The number of benzene rings is 5. The Labute approximate surface area is 484 Å². The number of anilines is 1. The molecule has 2 saturated carbocycles. The lowest BCUT2D eigenvalue weighted by molar-refractivity contribution is -0.118. The first-order valence-corrected chi connectivity index (χ1v) is 31.6. The minimum absolute atomic E-state index is 0.00190. The summed E-state index contributed by atoms with van der Waals surface area (Å²) in [5.74, 6) is 1.81. The molecular formula is C64H52N5O12S3-3. The number of carbonyl (C=O) groups is 1. The Morgan fingerprint density at radius 2 is 0.988 bits per heavy atom. The van der Waals surface area contributed by atoms with Crippen molar-refractivity contribution in [1.82, 2.24) is 19.9 Å². The van der Waals surface area contributed by atoms with E-state index in [9.17, 15) is 48.8 Å².